The summed E-state index contributed by atoms with van der Waals surface area (Å²) in [6.45, 7) is 6.47. The molecule has 380 valence electrons. The Morgan fingerprint density at radius 1 is 0.318 bits per heavy atom. The second kappa shape index (κ2) is 54.5. The highest BCUT2D eigenvalue weighted by Gasteiger charge is 2.19. The van der Waals surface area contributed by atoms with Gasteiger partial charge in [0.05, 0.1) is 0 Å². The zero-order chi connectivity index (χ0) is 47.9. The van der Waals surface area contributed by atoms with Crippen LogP contribution in [-0.2, 0) is 28.6 Å². The number of carbonyl (C=O) groups excluding carboxylic acids is 3. The minimum atomic E-state index is -0.791. The third-order valence-electron chi connectivity index (χ3n) is 11.9. The van der Waals surface area contributed by atoms with E-state index in [9.17, 15) is 14.4 Å². The minimum absolute atomic E-state index is 0.0877. The first-order valence-electron chi connectivity index (χ1n) is 27.9. The van der Waals surface area contributed by atoms with Gasteiger partial charge >= 0.3 is 17.9 Å². The SMILES string of the molecule is CC/C=C\C/C=C\C/C=C\CCCCCCCC(=O)OC(COC(=O)CCCCCCC/C=C\C/C=C\CCCC)COC(=O)CCCCCCCCCCC/C=C\CCCCCCCC. The maximum absolute atomic E-state index is 12.8. The Morgan fingerprint density at radius 2 is 0.606 bits per heavy atom. The Kier molecular flexibility index (Phi) is 51.9. The lowest BCUT2D eigenvalue weighted by Gasteiger charge is -2.18. The molecule has 0 aromatic carbocycles. The van der Waals surface area contributed by atoms with Crippen LogP contribution in [0.15, 0.2) is 72.9 Å². The Bertz CT molecular complexity index is 1240. The maximum atomic E-state index is 12.8. The van der Waals surface area contributed by atoms with Crippen LogP contribution in [0.5, 0.6) is 0 Å². The molecule has 1 atom stereocenters. The molecule has 0 spiro atoms. The third-order valence-corrected chi connectivity index (χ3v) is 11.9. The fraction of sp³-hybridized carbons (Fsp3) is 0.750. The summed E-state index contributed by atoms with van der Waals surface area (Å²) in [5.41, 5.74) is 0. The summed E-state index contributed by atoms with van der Waals surface area (Å²) in [5.74, 6) is -0.916. The summed E-state index contributed by atoms with van der Waals surface area (Å²) < 4.78 is 16.8. The number of carbonyl (C=O) groups is 3. The van der Waals surface area contributed by atoms with E-state index in [2.05, 4.69) is 93.7 Å². The van der Waals surface area contributed by atoms with Gasteiger partial charge in [-0.15, -0.1) is 0 Å². The molecule has 0 bridgehead atoms. The van der Waals surface area contributed by atoms with Crippen molar-refractivity contribution in [2.45, 2.75) is 277 Å². The van der Waals surface area contributed by atoms with E-state index in [0.29, 0.717) is 19.3 Å². The van der Waals surface area contributed by atoms with Gasteiger partial charge < -0.3 is 14.2 Å². The Hall–Kier alpha value is -3.15. The monoisotopic (exact) mass is 921 g/mol. The van der Waals surface area contributed by atoms with Gasteiger partial charge in [-0.3, -0.25) is 14.4 Å². The molecule has 6 heteroatoms. The lowest BCUT2D eigenvalue weighted by Crippen LogP contribution is -2.30. The Labute approximate surface area is 408 Å². The fourth-order valence-electron chi connectivity index (χ4n) is 7.70. The highest BCUT2D eigenvalue weighted by atomic mass is 16.6. The van der Waals surface area contributed by atoms with Crippen molar-refractivity contribution in [1.29, 1.82) is 0 Å². The van der Waals surface area contributed by atoms with Crippen molar-refractivity contribution in [2.24, 2.45) is 0 Å². The summed E-state index contributed by atoms with van der Waals surface area (Å²) in [6.07, 6.45) is 68.9. The summed E-state index contributed by atoms with van der Waals surface area (Å²) in [6, 6.07) is 0. The van der Waals surface area contributed by atoms with E-state index in [0.717, 1.165) is 122 Å². The summed E-state index contributed by atoms with van der Waals surface area (Å²) >= 11 is 0. The molecule has 0 amide bonds. The van der Waals surface area contributed by atoms with Gasteiger partial charge in [0.1, 0.15) is 13.2 Å². The third kappa shape index (κ3) is 51.8. The van der Waals surface area contributed by atoms with E-state index in [1.165, 1.54) is 109 Å². The minimum Gasteiger partial charge on any atom is -0.462 e. The molecule has 1 unspecified atom stereocenters. The number of hydrogen-bond donors (Lipinski definition) is 0. The standard InChI is InChI=1S/C60H104O6/c1-4-7-10-13-16-19-22-25-28-29-30-31-33-35-38-41-44-47-50-53-59(62)65-56-57(55-64-58(61)52-49-46-43-40-37-34-27-24-21-18-15-12-9-6-3)66-60(63)54-51-48-45-42-39-36-32-26-23-20-17-14-11-8-5-2/h8,11,15,17-18,20,24-28,32,57H,4-7,9-10,12-14,16,19,21-23,29-31,33-56H2,1-3H3/b11-8-,18-15-,20-17-,27-24-,28-25-,32-26-. The number of unbranched alkanes of at least 4 members (excludes halogenated alkanes) is 27. The maximum Gasteiger partial charge on any atom is 0.306 e. The molecular weight excluding hydrogens is 817 g/mol. The summed E-state index contributed by atoms with van der Waals surface area (Å²) in [4.78, 5) is 38.1. The first-order chi connectivity index (χ1) is 32.5. The van der Waals surface area contributed by atoms with Crippen molar-refractivity contribution in [3.8, 4) is 0 Å². The average molecular weight is 921 g/mol. The van der Waals surface area contributed by atoms with Crippen molar-refractivity contribution in [3.05, 3.63) is 72.9 Å². The van der Waals surface area contributed by atoms with Crippen LogP contribution in [0.1, 0.15) is 271 Å². The van der Waals surface area contributed by atoms with Gasteiger partial charge in [-0.05, 0) is 103 Å². The molecule has 0 aromatic rings. The number of ether oxygens (including phenoxy) is 3. The molecule has 0 saturated heterocycles. The van der Waals surface area contributed by atoms with Gasteiger partial charge in [0.25, 0.3) is 0 Å². The molecule has 0 aliphatic rings. The number of allylic oxidation sites excluding steroid dienone is 12. The van der Waals surface area contributed by atoms with Gasteiger partial charge in [0.2, 0.25) is 0 Å². The zero-order valence-electron chi connectivity index (χ0n) is 43.4. The van der Waals surface area contributed by atoms with Crippen molar-refractivity contribution in [1.82, 2.24) is 0 Å². The van der Waals surface area contributed by atoms with Crippen molar-refractivity contribution < 1.29 is 28.6 Å². The van der Waals surface area contributed by atoms with E-state index in [-0.39, 0.29) is 31.1 Å². The van der Waals surface area contributed by atoms with Crippen LogP contribution in [0.3, 0.4) is 0 Å². The molecule has 66 heavy (non-hydrogen) atoms. The van der Waals surface area contributed by atoms with Gasteiger partial charge in [-0.25, -0.2) is 0 Å². The molecule has 0 saturated carbocycles. The van der Waals surface area contributed by atoms with Crippen molar-refractivity contribution in [2.75, 3.05) is 13.2 Å². The van der Waals surface area contributed by atoms with E-state index >= 15 is 0 Å². The predicted molar refractivity (Wildman–Crippen MR) is 284 cm³/mol. The van der Waals surface area contributed by atoms with Crippen molar-refractivity contribution in [3.63, 3.8) is 0 Å². The molecule has 0 aromatic heterocycles. The molecule has 6 nitrogen and oxygen atoms in total. The van der Waals surface area contributed by atoms with Crippen LogP contribution < -0.4 is 0 Å². The van der Waals surface area contributed by atoms with Crippen LogP contribution in [-0.4, -0.2) is 37.2 Å². The van der Waals surface area contributed by atoms with Gasteiger partial charge in [-0.1, -0.05) is 222 Å². The second-order valence-electron chi connectivity index (χ2n) is 18.5. The van der Waals surface area contributed by atoms with E-state index in [1.54, 1.807) is 0 Å². The summed E-state index contributed by atoms with van der Waals surface area (Å²) in [7, 11) is 0. The van der Waals surface area contributed by atoms with Gasteiger partial charge in [-0.2, -0.15) is 0 Å². The van der Waals surface area contributed by atoms with E-state index in [1.807, 2.05) is 0 Å². The lowest BCUT2D eigenvalue weighted by molar-refractivity contribution is -0.167. The van der Waals surface area contributed by atoms with Crippen LogP contribution in [0.4, 0.5) is 0 Å². The Balaban J connectivity index is 4.39. The summed E-state index contributed by atoms with van der Waals surface area (Å²) in [5, 5.41) is 0. The van der Waals surface area contributed by atoms with E-state index in [4.69, 9.17) is 14.2 Å². The number of esters is 3. The van der Waals surface area contributed by atoms with Crippen LogP contribution in [0.25, 0.3) is 0 Å². The van der Waals surface area contributed by atoms with Crippen LogP contribution >= 0.6 is 0 Å². The molecule has 0 rings (SSSR count). The fourth-order valence-corrected chi connectivity index (χ4v) is 7.70. The normalized spacial score (nSPS) is 12.6. The number of hydrogen-bond acceptors (Lipinski definition) is 6. The topological polar surface area (TPSA) is 78.9 Å². The second-order valence-corrected chi connectivity index (χ2v) is 18.5. The quantitative estimate of drug-likeness (QED) is 0.0262. The molecule has 0 fully saturated rings. The molecule has 0 aliphatic heterocycles. The highest BCUT2D eigenvalue weighted by molar-refractivity contribution is 5.71. The molecule has 0 N–H and O–H groups in total. The lowest BCUT2D eigenvalue weighted by atomic mass is 10.1. The molecule has 0 radical (unpaired) electrons. The van der Waals surface area contributed by atoms with E-state index < -0.39 is 6.10 Å². The van der Waals surface area contributed by atoms with Crippen LogP contribution in [0.2, 0.25) is 0 Å². The highest BCUT2D eigenvalue weighted by Crippen LogP contribution is 2.15. The smallest absolute Gasteiger partial charge is 0.306 e. The zero-order valence-corrected chi connectivity index (χ0v) is 43.4. The van der Waals surface area contributed by atoms with Gasteiger partial charge in [0, 0.05) is 19.3 Å². The molecule has 0 heterocycles. The molecular formula is C60H104O6. The molecule has 0 aliphatic carbocycles. The van der Waals surface area contributed by atoms with Gasteiger partial charge in [0.15, 0.2) is 6.10 Å². The van der Waals surface area contributed by atoms with Crippen molar-refractivity contribution >= 4 is 17.9 Å². The largest absolute Gasteiger partial charge is 0.462 e. The van der Waals surface area contributed by atoms with Crippen LogP contribution in [0, 0.1) is 0 Å². The predicted octanol–water partition coefficient (Wildman–Crippen LogP) is 18.6. The number of rotatable bonds is 50. The first kappa shape index (κ1) is 62.8. The average Bonchev–Trinajstić information content (AvgIpc) is 3.31. The Morgan fingerprint density at radius 3 is 0.985 bits per heavy atom. The first-order valence-corrected chi connectivity index (χ1v) is 27.9.